The third-order valence-corrected chi connectivity index (χ3v) is 5.09. The summed E-state index contributed by atoms with van der Waals surface area (Å²) in [5.41, 5.74) is -3.00. The van der Waals surface area contributed by atoms with Crippen molar-refractivity contribution in [1.82, 2.24) is 9.13 Å². The Morgan fingerprint density at radius 2 is 1.76 bits per heavy atom. The number of benzene rings is 2. The molecule has 0 saturated heterocycles. The highest BCUT2D eigenvalue weighted by molar-refractivity contribution is 7.71. The molecule has 34 heavy (non-hydrogen) atoms. The van der Waals surface area contributed by atoms with E-state index in [1.807, 2.05) is 0 Å². The van der Waals surface area contributed by atoms with Gasteiger partial charge in [0.15, 0.2) is 18.1 Å². The lowest BCUT2D eigenvalue weighted by atomic mass is 10.2. The molecule has 0 aliphatic heterocycles. The molecule has 0 spiro atoms. The lowest BCUT2D eigenvalue weighted by molar-refractivity contribution is -0.144. The Labute approximate surface area is 199 Å². The topological polar surface area (TPSA) is 71.7 Å². The molecule has 3 rings (SSSR count). The van der Waals surface area contributed by atoms with Gasteiger partial charge in [0.25, 0.3) is 0 Å². The van der Waals surface area contributed by atoms with Crippen LogP contribution in [0.4, 0.5) is 17.6 Å². The average Bonchev–Trinajstić information content (AvgIpc) is 2.77. The molecule has 0 amide bonds. The normalized spacial score (nSPS) is 11.3. The van der Waals surface area contributed by atoms with Gasteiger partial charge in [0.1, 0.15) is 21.9 Å². The van der Waals surface area contributed by atoms with Crippen molar-refractivity contribution in [3.8, 4) is 22.9 Å². The van der Waals surface area contributed by atoms with Crippen LogP contribution in [-0.2, 0) is 22.8 Å². The number of carbonyl (C=O) groups is 1. The average molecular weight is 519 g/mol. The molecule has 0 bridgehead atoms. The Bertz CT molecular complexity index is 1370. The molecule has 180 valence electrons. The first-order valence-corrected chi connectivity index (χ1v) is 10.1. The highest BCUT2D eigenvalue weighted by Crippen LogP contribution is 2.37. The zero-order valence-electron chi connectivity index (χ0n) is 17.5. The van der Waals surface area contributed by atoms with E-state index in [1.54, 1.807) is 12.1 Å². The van der Waals surface area contributed by atoms with Crippen molar-refractivity contribution >= 4 is 29.8 Å². The molecule has 3 aromatic rings. The predicted molar refractivity (Wildman–Crippen MR) is 116 cm³/mol. The van der Waals surface area contributed by atoms with Gasteiger partial charge in [-0.2, -0.15) is 13.2 Å². The number of nitrogens with zero attached hydrogens (tertiary/aromatic N) is 2. The Balaban J connectivity index is 2.08. The summed E-state index contributed by atoms with van der Waals surface area (Å²) in [5.74, 6) is -1.63. The van der Waals surface area contributed by atoms with Crippen molar-refractivity contribution in [2.24, 2.45) is 7.05 Å². The number of hydrogen-bond donors (Lipinski definition) is 0. The molecule has 0 fully saturated rings. The Kier molecular flexibility index (Phi) is 7.32. The molecular formula is C21H15ClF4N2O5S. The fourth-order valence-corrected chi connectivity index (χ4v) is 3.33. The number of esters is 1. The highest BCUT2D eigenvalue weighted by atomic mass is 35.5. The molecule has 1 heterocycles. The van der Waals surface area contributed by atoms with E-state index in [2.05, 4.69) is 4.74 Å². The minimum atomic E-state index is -4.85. The second-order valence-electron chi connectivity index (χ2n) is 6.69. The number of carbonyl (C=O) groups excluding carboxylic acids is 1. The smallest absolute Gasteiger partial charge is 0.431 e. The van der Waals surface area contributed by atoms with Crippen LogP contribution < -0.4 is 15.2 Å². The molecule has 0 atom stereocenters. The summed E-state index contributed by atoms with van der Waals surface area (Å²) >= 11 is 11.0. The van der Waals surface area contributed by atoms with E-state index in [1.165, 1.54) is 19.2 Å². The Morgan fingerprint density at radius 1 is 1.12 bits per heavy atom. The van der Waals surface area contributed by atoms with Gasteiger partial charge in [-0.3, -0.25) is 4.57 Å². The Hall–Kier alpha value is -3.38. The zero-order chi connectivity index (χ0) is 25.2. The molecule has 1 aromatic heterocycles. The van der Waals surface area contributed by atoms with E-state index in [9.17, 15) is 27.2 Å². The first-order valence-electron chi connectivity index (χ1n) is 9.30. The van der Waals surface area contributed by atoms with Gasteiger partial charge in [-0.1, -0.05) is 36.0 Å². The van der Waals surface area contributed by atoms with Gasteiger partial charge in [0.2, 0.25) is 0 Å². The van der Waals surface area contributed by atoms with Gasteiger partial charge >= 0.3 is 17.8 Å². The standard InChI is InChI=1S/C21H15ClF4N2O5S/c1-27-17(21(24,25)26)9-18(34)28(20(27)30)13-8-16(11(22)7-12(13)23)33-15-6-4-3-5-14(15)32-10-19(29)31-2/h3-9H,10H2,1-2H3. The van der Waals surface area contributed by atoms with Gasteiger partial charge in [0, 0.05) is 19.2 Å². The number of para-hydroxylation sites is 2. The van der Waals surface area contributed by atoms with E-state index in [4.69, 9.17) is 33.3 Å². The largest absolute Gasteiger partial charge is 0.478 e. The fourth-order valence-electron chi connectivity index (χ4n) is 2.86. The van der Waals surface area contributed by atoms with Gasteiger partial charge in [-0.25, -0.2) is 18.5 Å². The summed E-state index contributed by atoms with van der Waals surface area (Å²) in [7, 11) is 2.07. The van der Waals surface area contributed by atoms with Gasteiger partial charge in [-0.15, -0.1) is 0 Å². The van der Waals surface area contributed by atoms with Gasteiger partial charge in [-0.05, 0) is 18.2 Å². The third-order valence-electron chi connectivity index (χ3n) is 4.50. The molecule has 0 saturated carbocycles. The number of ether oxygens (including phenoxy) is 3. The molecule has 2 aromatic carbocycles. The second-order valence-corrected chi connectivity index (χ2v) is 7.52. The summed E-state index contributed by atoms with van der Waals surface area (Å²) < 4.78 is 70.2. The number of halogens is 5. The maximum atomic E-state index is 14.8. The van der Waals surface area contributed by atoms with Crippen LogP contribution in [0, 0.1) is 10.5 Å². The number of methoxy groups -OCH3 is 1. The molecule has 0 aliphatic rings. The summed E-state index contributed by atoms with van der Waals surface area (Å²) in [6, 6.07) is 8.51. The van der Waals surface area contributed by atoms with Crippen LogP contribution in [0.1, 0.15) is 5.69 Å². The van der Waals surface area contributed by atoms with Crippen LogP contribution in [0.3, 0.4) is 0 Å². The number of hydrogen-bond acceptors (Lipinski definition) is 6. The van der Waals surface area contributed by atoms with Gasteiger partial charge < -0.3 is 14.2 Å². The molecular weight excluding hydrogens is 504 g/mol. The lowest BCUT2D eigenvalue weighted by Crippen LogP contribution is -2.33. The molecule has 0 aliphatic carbocycles. The van der Waals surface area contributed by atoms with Crippen molar-refractivity contribution in [3.05, 3.63) is 74.1 Å². The summed E-state index contributed by atoms with van der Waals surface area (Å²) in [5, 5.41) is -0.209. The summed E-state index contributed by atoms with van der Waals surface area (Å²) in [4.78, 5) is 24.0. The van der Waals surface area contributed by atoms with Crippen LogP contribution in [0.15, 0.2) is 47.3 Å². The third kappa shape index (κ3) is 5.23. The van der Waals surface area contributed by atoms with Crippen LogP contribution in [-0.4, -0.2) is 28.8 Å². The molecule has 0 unspecified atom stereocenters. The van der Waals surface area contributed by atoms with Crippen LogP contribution in [0.5, 0.6) is 17.2 Å². The van der Waals surface area contributed by atoms with Gasteiger partial charge in [0.05, 0.1) is 17.8 Å². The van der Waals surface area contributed by atoms with E-state index < -0.39 is 46.3 Å². The monoisotopic (exact) mass is 518 g/mol. The summed E-state index contributed by atoms with van der Waals surface area (Å²) in [6.07, 6.45) is -4.85. The Morgan fingerprint density at radius 3 is 2.38 bits per heavy atom. The van der Waals surface area contributed by atoms with E-state index in [-0.39, 0.29) is 22.3 Å². The number of alkyl halides is 3. The SMILES string of the molecule is COC(=O)COc1ccccc1Oc1cc(-n2c(=S)cc(C(F)(F)F)n(C)c2=O)c(F)cc1Cl. The van der Waals surface area contributed by atoms with Crippen LogP contribution in [0.2, 0.25) is 5.02 Å². The van der Waals surface area contributed by atoms with E-state index in [0.29, 0.717) is 15.2 Å². The number of aromatic nitrogens is 2. The van der Waals surface area contributed by atoms with Crippen LogP contribution >= 0.6 is 23.8 Å². The quantitative estimate of drug-likeness (QED) is 0.258. The molecule has 0 N–H and O–H groups in total. The minimum absolute atomic E-state index is 0.0785. The molecule has 0 radical (unpaired) electrons. The maximum absolute atomic E-state index is 14.8. The first kappa shape index (κ1) is 25.2. The zero-order valence-corrected chi connectivity index (χ0v) is 19.1. The van der Waals surface area contributed by atoms with Crippen molar-refractivity contribution in [2.75, 3.05) is 13.7 Å². The van der Waals surface area contributed by atoms with Crippen molar-refractivity contribution in [3.63, 3.8) is 0 Å². The predicted octanol–water partition coefficient (Wildman–Crippen LogP) is 5.06. The second kappa shape index (κ2) is 9.85. The molecule has 13 heteroatoms. The van der Waals surface area contributed by atoms with Crippen molar-refractivity contribution < 1.29 is 36.6 Å². The van der Waals surface area contributed by atoms with Crippen molar-refractivity contribution in [2.45, 2.75) is 6.18 Å². The van der Waals surface area contributed by atoms with E-state index >= 15 is 0 Å². The fraction of sp³-hybridized carbons (Fsp3) is 0.190. The number of rotatable bonds is 6. The van der Waals surface area contributed by atoms with E-state index in [0.717, 1.165) is 19.2 Å². The lowest BCUT2D eigenvalue weighted by Gasteiger charge is -2.17. The maximum Gasteiger partial charge on any atom is 0.431 e. The highest BCUT2D eigenvalue weighted by Gasteiger charge is 2.34. The first-order chi connectivity index (χ1) is 15.9. The minimum Gasteiger partial charge on any atom is -0.478 e. The summed E-state index contributed by atoms with van der Waals surface area (Å²) in [6.45, 7) is -0.421. The molecule has 7 nitrogen and oxygen atoms in total. The van der Waals surface area contributed by atoms with Crippen LogP contribution in [0.25, 0.3) is 5.69 Å². The van der Waals surface area contributed by atoms with Crippen molar-refractivity contribution in [1.29, 1.82) is 0 Å².